The van der Waals surface area contributed by atoms with Gasteiger partial charge < -0.3 is 5.11 Å². The van der Waals surface area contributed by atoms with E-state index >= 15 is 0 Å². The van der Waals surface area contributed by atoms with Crippen LogP contribution in [0, 0.1) is 0 Å². The first-order chi connectivity index (χ1) is 6.93. The van der Waals surface area contributed by atoms with Gasteiger partial charge in [0.2, 0.25) is 10.0 Å². The summed E-state index contributed by atoms with van der Waals surface area (Å²) in [6.07, 6.45) is 2.74. The summed E-state index contributed by atoms with van der Waals surface area (Å²) >= 11 is 0. The second-order valence-corrected chi connectivity index (χ2v) is 7.33. The van der Waals surface area contributed by atoms with E-state index in [0.717, 1.165) is 12.8 Å². The third-order valence-electron chi connectivity index (χ3n) is 3.53. The van der Waals surface area contributed by atoms with Gasteiger partial charge in [-0.25, -0.2) is 8.42 Å². The van der Waals surface area contributed by atoms with Crippen molar-refractivity contribution < 1.29 is 13.5 Å². The molecule has 0 aromatic heterocycles. The zero-order chi connectivity index (χ0) is 11.2. The highest BCUT2D eigenvalue weighted by molar-refractivity contribution is 7.89. The van der Waals surface area contributed by atoms with Crippen LogP contribution in [-0.2, 0) is 10.0 Å². The summed E-state index contributed by atoms with van der Waals surface area (Å²) < 4.78 is 25.9. The predicted octanol–water partition coefficient (Wildman–Crippen LogP) is 0.712. The summed E-state index contributed by atoms with van der Waals surface area (Å²) in [4.78, 5) is 0. The van der Waals surface area contributed by atoms with Crippen LogP contribution in [-0.4, -0.2) is 41.3 Å². The molecular formula is C10H19NO3S. The Morgan fingerprint density at radius 1 is 1.20 bits per heavy atom. The number of piperidine rings is 1. The van der Waals surface area contributed by atoms with Crippen molar-refractivity contribution in [2.45, 2.75) is 63.0 Å². The lowest BCUT2D eigenvalue weighted by molar-refractivity contribution is 0.0765. The average molecular weight is 233 g/mol. The van der Waals surface area contributed by atoms with E-state index in [2.05, 4.69) is 0 Å². The number of sulfonamides is 1. The fraction of sp³-hybridized carbons (Fsp3) is 1.00. The third kappa shape index (κ3) is 1.81. The van der Waals surface area contributed by atoms with E-state index in [9.17, 15) is 13.5 Å². The molecular weight excluding hydrogens is 214 g/mol. The molecule has 0 aromatic rings. The van der Waals surface area contributed by atoms with Crippen molar-refractivity contribution in [2.75, 3.05) is 0 Å². The van der Waals surface area contributed by atoms with E-state index in [1.807, 2.05) is 0 Å². The van der Waals surface area contributed by atoms with Gasteiger partial charge in [-0.1, -0.05) is 0 Å². The third-order valence-corrected chi connectivity index (χ3v) is 5.91. The maximum absolute atomic E-state index is 12.1. The summed E-state index contributed by atoms with van der Waals surface area (Å²) in [5.41, 5.74) is 0. The Bertz CT molecular complexity index is 325. The molecule has 2 aliphatic rings. The van der Waals surface area contributed by atoms with Crippen LogP contribution < -0.4 is 0 Å². The van der Waals surface area contributed by atoms with Crippen LogP contribution in [0.1, 0.15) is 39.5 Å². The van der Waals surface area contributed by atoms with Crippen molar-refractivity contribution in [3.8, 4) is 0 Å². The van der Waals surface area contributed by atoms with Crippen LogP contribution >= 0.6 is 0 Å². The van der Waals surface area contributed by atoms with Crippen molar-refractivity contribution in [1.29, 1.82) is 0 Å². The number of hydrogen-bond acceptors (Lipinski definition) is 3. The zero-order valence-corrected chi connectivity index (χ0v) is 10.1. The van der Waals surface area contributed by atoms with E-state index in [-0.39, 0.29) is 23.4 Å². The normalized spacial score (nSPS) is 37.5. The lowest BCUT2D eigenvalue weighted by Gasteiger charge is -2.37. The number of hydrogen-bond donors (Lipinski definition) is 1. The van der Waals surface area contributed by atoms with E-state index in [4.69, 9.17) is 0 Å². The van der Waals surface area contributed by atoms with Gasteiger partial charge in [0.1, 0.15) is 0 Å². The summed E-state index contributed by atoms with van der Waals surface area (Å²) in [7, 11) is -3.14. The van der Waals surface area contributed by atoms with Crippen LogP contribution in [0.5, 0.6) is 0 Å². The molecule has 2 aliphatic heterocycles. The van der Waals surface area contributed by atoms with Gasteiger partial charge >= 0.3 is 0 Å². The van der Waals surface area contributed by atoms with E-state index < -0.39 is 10.0 Å². The second kappa shape index (κ2) is 3.71. The van der Waals surface area contributed by atoms with Crippen LogP contribution in [0.3, 0.4) is 0 Å². The van der Waals surface area contributed by atoms with Crippen LogP contribution in [0.2, 0.25) is 0 Å². The molecule has 1 N–H and O–H groups in total. The molecule has 2 saturated heterocycles. The number of aliphatic hydroxyl groups is 1. The topological polar surface area (TPSA) is 57.6 Å². The summed E-state index contributed by atoms with van der Waals surface area (Å²) in [5, 5.41) is 9.24. The summed E-state index contributed by atoms with van der Waals surface area (Å²) in [5.74, 6) is 0. The Kier molecular flexibility index (Phi) is 2.81. The first-order valence-electron chi connectivity index (χ1n) is 5.63. The maximum Gasteiger partial charge on any atom is 0.216 e. The average Bonchev–Trinajstić information content (AvgIpc) is 2.39. The number of aliphatic hydroxyl groups excluding tert-OH is 1. The molecule has 0 saturated carbocycles. The van der Waals surface area contributed by atoms with Crippen LogP contribution in [0.15, 0.2) is 0 Å². The fourth-order valence-corrected chi connectivity index (χ4v) is 4.47. The molecule has 0 radical (unpaired) electrons. The monoisotopic (exact) mass is 233 g/mol. The molecule has 5 heteroatoms. The molecule has 15 heavy (non-hydrogen) atoms. The molecule has 2 bridgehead atoms. The molecule has 2 rings (SSSR count). The number of nitrogens with zero attached hydrogens (tertiary/aromatic N) is 1. The molecule has 4 nitrogen and oxygen atoms in total. The Morgan fingerprint density at radius 3 is 2.07 bits per heavy atom. The van der Waals surface area contributed by atoms with E-state index in [1.165, 1.54) is 0 Å². The van der Waals surface area contributed by atoms with Gasteiger partial charge in [-0.2, -0.15) is 4.31 Å². The van der Waals surface area contributed by atoms with Gasteiger partial charge in [-0.15, -0.1) is 0 Å². The molecule has 1 unspecified atom stereocenters. The number of fused-ring (bicyclic) bond motifs is 2. The minimum absolute atomic E-state index is 0.0474. The van der Waals surface area contributed by atoms with Gasteiger partial charge in [-0.3, -0.25) is 0 Å². The highest BCUT2D eigenvalue weighted by Crippen LogP contribution is 2.38. The summed E-state index contributed by atoms with van der Waals surface area (Å²) in [6, 6.07) is 0.0947. The molecule has 0 aromatic carbocycles. The molecule has 88 valence electrons. The smallest absolute Gasteiger partial charge is 0.216 e. The SMILES string of the molecule is CC(C)S(=O)(=O)N1[C@@H]2CC[C@H]1CC(O)C2. The van der Waals surface area contributed by atoms with Gasteiger partial charge in [0.15, 0.2) is 0 Å². The Balaban J connectivity index is 2.26. The molecule has 2 fully saturated rings. The van der Waals surface area contributed by atoms with Gasteiger partial charge in [-0.05, 0) is 39.5 Å². The molecule has 0 spiro atoms. The molecule has 2 heterocycles. The van der Waals surface area contributed by atoms with Crippen molar-refractivity contribution in [3.05, 3.63) is 0 Å². The fourth-order valence-electron chi connectivity index (χ4n) is 2.76. The molecule has 0 amide bonds. The molecule has 0 aliphatic carbocycles. The van der Waals surface area contributed by atoms with Gasteiger partial charge in [0.05, 0.1) is 11.4 Å². The summed E-state index contributed by atoms with van der Waals surface area (Å²) in [6.45, 7) is 3.44. The van der Waals surface area contributed by atoms with E-state index in [1.54, 1.807) is 18.2 Å². The van der Waals surface area contributed by atoms with Gasteiger partial charge in [0.25, 0.3) is 0 Å². The standard InChI is InChI=1S/C10H19NO3S/c1-7(2)15(13,14)11-8-3-4-9(11)6-10(12)5-8/h7-10,12H,3-6H2,1-2H3/t8-,9+,10?. The van der Waals surface area contributed by atoms with Crippen LogP contribution in [0.4, 0.5) is 0 Å². The van der Waals surface area contributed by atoms with Crippen molar-refractivity contribution in [3.63, 3.8) is 0 Å². The maximum atomic E-state index is 12.1. The molecule has 3 atom stereocenters. The van der Waals surface area contributed by atoms with Crippen molar-refractivity contribution >= 4 is 10.0 Å². The van der Waals surface area contributed by atoms with Crippen molar-refractivity contribution in [2.24, 2.45) is 0 Å². The lowest BCUT2D eigenvalue weighted by Crippen LogP contribution is -2.50. The highest BCUT2D eigenvalue weighted by atomic mass is 32.2. The lowest BCUT2D eigenvalue weighted by atomic mass is 10.0. The second-order valence-electron chi connectivity index (χ2n) is 4.93. The predicted molar refractivity (Wildman–Crippen MR) is 57.9 cm³/mol. The minimum atomic E-state index is -3.14. The van der Waals surface area contributed by atoms with Gasteiger partial charge in [0, 0.05) is 12.1 Å². The largest absolute Gasteiger partial charge is 0.393 e. The Hall–Kier alpha value is -0.130. The zero-order valence-electron chi connectivity index (χ0n) is 9.26. The first-order valence-corrected chi connectivity index (χ1v) is 7.13. The van der Waals surface area contributed by atoms with Crippen molar-refractivity contribution in [1.82, 2.24) is 4.31 Å². The first kappa shape index (κ1) is 11.4. The van der Waals surface area contributed by atoms with E-state index in [0.29, 0.717) is 12.8 Å². The Labute approximate surface area is 91.3 Å². The highest BCUT2D eigenvalue weighted by Gasteiger charge is 2.46. The van der Waals surface area contributed by atoms with Crippen LogP contribution in [0.25, 0.3) is 0 Å². The number of rotatable bonds is 2. The quantitative estimate of drug-likeness (QED) is 0.764. The Morgan fingerprint density at radius 2 is 1.67 bits per heavy atom. The minimum Gasteiger partial charge on any atom is -0.393 e.